The highest BCUT2D eigenvalue weighted by molar-refractivity contribution is 5.99. The molecule has 1 aliphatic heterocycles. The Morgan fingerprint density at radius 3 is 2.50 bits per heavy atom. The molecular formula is C19H29NO4. The molecule has 0 N–H and O–H groups in total. The maximum Gasteiger partial charge on any atom is 0.310 e. The van der Waals surface area contributed by atoms with Gasteiger partial charge >= 0.3 is 5.97 Å². The molecule has 134 valence electrons. The van der Waals surface area contributed by atoms with Gasteiger partial charge in [-0.25, -0.2) is 0 Å². The minimum atomic E-state index is -0.588. The molecule has 2 aliphatic carbocycles. The van der Waals surface area contributed by atoms with Crippen molar-refractivity contribution in [1.82, 2.24) is 4.90 Å². The topological polar surface area (TPSA) is 63.7 Å². The molecule has 1 heterocycles. The van der Waals surface area contributed by atoms with Crippen molar-refractivity contribution in [3.8, 4) is 0 Å². The number of ketones is 1. The number of likely N-dealkylation sites (tertiary alicyclic amines) is 1. The Labute approximate surface area is 144 Å². The summed E-state index contributed by atoms with van der Waals surface area (Å²) in [5, 5.41) is 0. The number of Topliss-reactive ketones (excluding diaryl/α,β-unsaturated/α-hetero) is 1. The summed E-state index contributed by atoms with van der Waals surface area (Å²) in [5.41, 5.74) is -1.31. The lowest BCUT2D eigenvalue weighted by atomic mass is 9.64. The zero-order chi connectivity index (χ0) is 17.8. The Balaban J connectivity index is 1.82. The largest absolute Gasteiger partial charge is 0.466 e. The van der Waals surface area contributed by atoms with Crippen LogP contribution in [0.3, 0.4) is 0 Å². The van der Waals surface area contributed by atoms with Gasteiger partial charge in [0.1, 0.15) is 5.78 Å². The third-order valence-electron chi connectivity index (χ3n) is 7.44. The van der Waals surface area contributed by atoms with Crippen LogP contribution in [-0.2, 0) is 19.1 Å². The number of carbonyl (C=O) groups excluding carboxylic acids is 3. The predicted molar refractivity (Wildman–Crippen MR) is 89.1 cm³/mol. The van der Waals surface area contributed by atoms with Crippen LogP contribution in [0.25, 0.3) is 0 Å². The number of amides is 1. The van der Waals surface area contributed by atoms with Crippen LogP contribution in [0.15, 0.2) is 0 Å². The van der Waals surface area contributed by atoms with Gasteiger partial charge < -0.3 is 9.64 Å². The fourth-order valence-corrected chi connectivity index (χ4v) is 5.25. The van der Waals surface area contributed by atoms with Crippen molar-refractivity contribution in [3.63, 3.8) is 0 Å². The van der Waals surface area contributed by atoms with E-state index in [1.165, 1.54) is 0 Å². The highest BCUT2D eigenvalue weighted by Gasteiger charge is 2.73. The van der Waals surface area contributed by atoms with E-state index in [0.29, 0.717) is 26.1 Å². The lowest BCUT2D eigenvalue weighted by Crippen LogP contribution is -2.52. The average Bonchev–Trinajstić information content (AvgIpc) is 2.85. The molecule has 0 radical (unpaired) electrons. The third kappa shape index (κ3) is 2.09. The van der Waals surface area contributed by atoms with Gasteiger partial charge in [-0.2, -0.15) is 0 Å². The van der Waals surface area contributed by atoms with Crippen LogP contribution < -0.4 is 0 Å². The van der Waals surface area contributed by atoms with Gasteiger partial charge in [-0.05, 0) is 38.0 Å². The molecule has 0 spiro atoms. The molecule has 5 heteroatoms. The molecule has 2 saturated carbocycles. The van der Waals surface area contributed by atoms with Gasteiger partial charge in [0.2, 0.25) is 5.91 Å². The highest BCUT2D eigenvalue weighted by Crippen LogP contribution is 2.71. The van der Waals surface area contributed by atoms with Crippen LogP contribution in [0.5, 0.6) is 0 Å². The van der Waals surface area contributed by atoms with Crippen LogP contribution in [-0.4, -0.2) is 42.3 Å². The number of ether oxygens (including phenoxy) is 1. The minimum Gasteiger partial charge on any atom is -0.466 e. The van der Waals surface area contributed by atoms with Crippen molar-refractivity contribution >= 4 is 17.7 Å². The molecule has 3 atom stereocenters. The SMILES string of the molecule is CCOC(=O)C1CCCN(C(=O)C23CCC(C)(C(=O)C2)C3(C)C)C1. The van der Waals surface area contributed by atoms with Crippen LogP contribution >= 0.6 is 0 Å². The Hall–Kier alpha value is -1.39. The summed E-state index contributed by atoms with van der Waals surface area (Å²) in [6.45, 7) is 9.46. The maximum atomic E-state index is 13.4. The first kappa shape index (κ1) is 17.4. The predicted octanol–water partition coefficient (Wildman–Crippen LogP) is 2.57. The molecular weight excluding hydrogens is 306 g/mol. The maximum absolute atomic E-state index is 13.4. The van der Waals surface area contributed by atoms with Crippen LogP contribution in [0.1, 0.15) is 59.8 Å². The second kappa shape index (κ2) is 5.57. The molecule has 2 bridgehead atoms. The second-order valence-electron chi connectivity index (χ2n) is 8.48. The van der Waals surface area contributed by atoms with E-state index >= 15 is 0 Å². The lowest BCUT2D eigenvalue weighted by molar-refractivity contribution is -0.156. The zero-order valence-electron chi connectivity index (χ0n) is 15.3. The monoisotopic (exact) mass is 335 g/mol. The molecule has 5 nitrogen and oxygen atoms in total. The number of hydrogen-bond donors (Lipinski definition) is 0. The highest BCUT2D eigenvalue weighted by atomic mass is 16.5. The fourth-order valence-electron chi connectivity index (χ4n) is 5.25. The van der Waals surface area contributed by atoms with E-state index in [1.807, 2.05) is 11.8 Å². The van der Waals surface area contributed by atoms with E-state index in [4.69, 9.17) is 4.74 Å². The Morgan fingerprint density at radius 1 is 1.25 bits per heavy atom. The van der Waals surface area contributed by atoms with Crippen molar-refractivity contribution in [1.29, 1.82) is 0 Å². The molecule has 1 saturated heterocycles. The van der Waals surface area contributed by atoms with Gasteiger partial charge in [0.05, 0.1) is 17.9 Å². The van der Waals surface area contributed by atoms with Crippen LogP contribution in [0.4, 0.5) is 0 Å². The summed E-state index contributed by atoms with van der Waals surface area (Å²) >= 11 is 0. The summed E-state index contributed by atoms with van der Waals surface area (Å²) in [5.74, 6) is -0.125. The van der Waals surface area contributed by atoms with Gasteiger partial charge in [-0.1, -0.05) is 20.8 Å². The first-order chi connectivity index (χ1) is 11.2. The zero-order valence-corrected chi connectivity index (χ0v) is 15.3. The number of hydrogen-bond acceptors (Lipinski definition) is 4. The smallest absolute Gasteiger partial charge is 0.310 e. The van der Waals surface area contributed by atoms with Crippen molar-refractivity contribution in [2.75, 3.05) is 19.7 Å². The first-order valence-corrected chi connectivity index (χ1v) is 9.19. The molecule has 24 heavy (non-hydrogen) atoms. The van der Waals surface area contributed by atoms with E-state index in [1.54, 1.807) is 6.92 Å². The van der Waals surface area contributed by atoms with Gasteiger partial charge in [-0.15, -0.1) is 0 Å². The van der Waals surface area contributed by atoms with Crippen molar-refractivity contribution in [2.24, 2.45) is 22.2 Å². The second-order valence-corrected chi connectivity index (χ2v) is 8.48. The number of nitrogens with zero attached hydrogens (tertiary/aromatic N) is 1. The molecule has 0 aromatic rings. The molecule has 3 aliphatic rings. The molecule has 3 unspecified atom stereocenters. The summed E-state index contributed by atoms with van der Waals surface area (Å²) < 4.78 is 5.14. The normalized spacial score (nSPS) is 37.6. The van der Waals surface area contributed by atoms with Crippen molar-refractivity contribution in [3.05, 3.63) is 0 Å². The Morgan fingerprint density at radius 2 is 1.96 bits per heavy atom. The van der Waals surface area contributed by atoms with Gasteiger partial charge in [0, 0.05) is 24.9 Å². The Kier molecular flexibility index (Phi) is 4.04. The number of rotatable bonds is 3. The molecule has 0 aromatic carbocycles. The summed E-state index contributed by atoms with van der Waals surface area (Å²) in [6, 6.07) is 0. The Bertz CT molecular complexity index is 584. The van der Waals surface area contributed by atoms with Crippen LogP contribution in [0, 0.1) is 22.2 Å². The van der Waals surface area contributed by atoms with E-state index < -0.39 is 5.41 Å². The van der Waals surface area contributed by atoms with E-state index in [0.717, 1.165) is 25.7 Å². The van der Waals surface area contributed by atoms with Crippen molar-refractivity contribution in [2.45, 2.75) is 59.8 Å². The van der Waals surface area contributed by atoms with E-state index in [2.05, 4.69) is 13.8 Å². The molecule has 1 amide bonds. The number of esters is 1. The van der Waals surface area contributed by atoms with Gasteiger partial charge in [0.15, 0.2) is 0 Å². The standard InChI is InChI=1S/C19H29NO4/c1-5-24-15(22)13-7-6-10-20(12-13)16(23)19-9-8-18(4,14(21)11-19)17(19,2)3/h13H,5-12H2,1-4H3. The quantitative estimate of drug-likeness (QED) is 0.744. The number of fused-ring (bicyclic) bond motifs is 2. The first-order valence-electron chi connectivity index (χ1n) is 9.19. The summed E-state index contributed by atoms with van der Waals surface area (Å²) in [4.78, 5) is 39.9. The van der Waals surface area contributed by atoms with Gasteiger partial charge in [-0.3, -0.25) is 14.4 Å². The number of piperidine rings is 1. The fraction of sp³-hybridized carbons (Fsp3) is 0.842. The minimum absolute atomic E-state index is 0.0797. The summed E-state index contributed by atoms with van der Waals surface area (Å²) in [6.07, 6.45) is 3.52. The third-order valence-corrected chi connectivity index (χ3v) is 7.44. The van der Waals surface area contributed by atoms with E-state index in [9.17, 15) is 14.4 Å². The molecule has 3 fully saturated rings. The van der Waals surface area contributed by atoms with Gasteiger partial charge in [0.25, 0.3) is 0 Å². The summed E-state index contributed by atoms with van der Waals surface area (Å²) in [7, 11) is 0. The lowest BCUT2D eigenvalue weighted by Gasteiger charge is -2.43. The number of carbonyl (C=O) groups is 3. The molecule has 0 aromatic heterocycles. The van der Waals surface area contributed by atoms with E-state index in [-0.39, 0.29) is 34.4 Å². The van der Waals surface area contributed by atoms with Crippen molar-refractivity contribution < 1.29 is 19.1 Å². The van der Waals surface area contributed by atoms with Crippen LogP contribution in [0.2, 0.25) is 0 Å². The molecule has 3 rings (SSSR count). The average molecular weight is 335 g/mol.